The molecular weight excluding hydrogens is 375 g/mol. The van der Waals surface area contributed by atoms with Gasteiger partial charge in [-0.25, -0.2) is 4.79 Å². The highest BCUT2D eigenvalue weighted by Crippen LogP contribution is 2.33. The number of hydrogen-bond donors (Lipinski definition) is 2. The molecule has 0 saturated heterocycles. The summed E-state index contributed by atoms with van der Waals surface area (Å²) in [4.78, 5) is 11.4. The molecule has 0 bridgehead atoms. The molecule has 0 fully saturated rings. The van der Waals surface area contributed by atoms with Crippen molar-refractivity contribution in [3.63, 3.8) is 0 Å². The number of rotatable bonds is 7. The highest BCUT2D eigenvalue weighted by Gasteiger charge is 2.27. The third kappa shape index (κ3) is 4.98. The first kappa shape index (κ1) is 20.7. The Labute approximate surface area is 163 Å². The van der Waals surface area contributed by atoms with Crippen molar-refractivity contribution >= 4 is 29.2 Å². The molecule has 0 aliphatic rings. The van der Waals surface area contributed by atoms with Gasteiger partial charge < -0.3 is 14.9 Å². The number of carboxylic acid groups (broad SMARTS) is 1. The Morgan fingerprint density at radius 2 is 1.77 bits per heavy atom. The zero-order valence-corrected chi connectivity index (χ0v) is 16.4. The highest BCUT2D eigenvalue weighted by atomic mass is 35.5. The minimum Gasteiger partial charge on any atom is -0.479 e. The lowest BCUT2D eigenvalue weighted by Gasteiger charge is -2.26. The van der Waals surface area contributed by atoms with E-state index < -0.39 is 17.7 Å². The standard InChI is InChI=1S/C20H22Cl2O4/c1-12(2)26-18(19(23)24)10-13-5-4-6-14(9-13)20(3,25)15-7-8-16(21)17(22)11-15/h4-9,11-12,18,25H,10H2,1-3H3,(H,23,24). The topological polar surface area (TPSA) is 66.8 Å². The molecule has 2 N–H and O–H groups in total. The second-order valence-corrected chi connectivity index (χ2v) is 7.43. The molecule has 4 nitrogen and oxygen atoms in total. The first-order valence-electron chi connectivity index (χ1n) is 8.27. The number of aliphatic hydroxyl groups is 1. The van der Waals surface area contributed by atoms with E-state index in [1.54, 1.807) is 57.2 Å². The average molecular weight is 397 g/mol. The van der Waals surface area contributed by atoms with Gasteiger partial charge in [0.25, 0.3) is 0 Å². The molecule has 0 aliphatic heterocycles. The first-order chi connectivity index (χ1) is 12.1. The number of ether oxygens (including phenoxy) is 1. The number of halogens is 2. The van der Waals surface area contributed by atoms with E-state index in [9.17, 15) is 15.0 Å². The van der Waals surface area contributed by atoms with Gasteiger partial charge in [-0.15, -0.1) is 0 Å². The molecule has 140 valence electrons. The van der Waals surface area contributed by atoms with Crippen molar-refractivity contribution in [3.05, 3.63) is 69.2 Å². The Kier molecular flexibility index (Phi) is 6.69. The summed E-state index contributed by atoms with van der Waals surface area (Å²) in [5.74, 6) is -1.01. The number of aliphatic carboxylic acids is 1. The molecular formula is C20H22Cl2O4. The minimum absolute atomic E-state index is 0.196. The van der Waals surface area contributed by atoms with Crippen LogP contribution in [0.15, 0.2) is 42.5 Å². The Balaban J connectivity index is 2.32. The lowest BCUT2D eigenvalue weighted by atomic mass is 9.87. The Morgan fingerprint density at radius 3 is 2.35 bits per heavy atom. The summed E-state index contributed by atoms with van der Waals surface area (Å²) in [5, 5.41) is 21.2. The average Bonchev–Trinajstić information content (AvgIpc) is 2.56. The Morgan fingerprint density at radius 1 is 1.12 bits per heavy atom. The molecule has 0 radical (unpaired) electrons. The predicted octanol–water partition coefficient (Wildman–Crippen LogP) is 4.67. The van der Waals surface area contributed by atoms with E-state index in [4.69, 9.17) is 27.9 Å². The monoisotopic (exact) mass is 396 g/mol. The van der Waals surface area contributed by atoms with Gasteiger partial charge in [-0.05, 0) is 49.6 Å². The number of carboxylic acids is 1. The van der Waals surface area contributed by atoms with Crippen LogP contribution >= 0.6 is 23.2 Å². The summed E-state index contributed by atoms with van der Waals surface area (Å²) in [5.41, 5.74) is 0.678. The van der Waals surface area contributed by atoms with Gasteiger partial charge in [0.05, 0.1) is 16.1 Å². The van der Waals surface area contributed by atoms with Crippen LogP contribution in [0.5, 0.6) is 0 Å². The fraction of sp³-hybridized carbons (Fsp3) is 0.350. The van der Waals surface area contributed by atoms with E-state index in [1.807, 2.05) is 6.07 Å². The van der Waals surface area contributed by atoms with Crippen molar-refractivity contribution in [2.45, 2.75) is 45.0 Å². The van der Waals surface area contributed by atoms with E-state index in [0.717, 1.165) is 5.56 Å². The molecule has 2 unspecified atom stereocenters. The third-order valence-electron chi connectivity index (χ3n) is 4.10. The van der Waals surface area contributed by atoms with Crippen molar-refractivity contribution in [2.75, 3.05) is 0 Å². The lowest BCUT2D eigenvalue weighted by molar-refractivity contribution is -0.153. The summed E-state index contributed by atoms with van der Waals surface area (Å²) < 4.78 is 5.46. The van der Waals surface area contributed by atoms with E-state index in [1.165, 1.54) is 0 Å². The van der Waals surface area contributed by atoms with Crippen molar-refractivity contribution in [3.8, 4) is 0 Å². The van der Waals surface area contributed by atoms with Gasteiger partial charge in [-0.2, -0.15) is 0 Å². The second-order valence-electron chi connectivity index (χ2n) is 6.62. The molecule has 26 heavy (non-hydrogen) atoms. The van der Waals surface area contributed by atoms with E-state index >= 15 is 0 Å². The molecule has 0 heterocycles. The SMILES string of the molecule is CC(C)OC(Cc1cccc(C(C)(O)c2ccc(Cl)c(Cl)c2)c1)C(=O)O. The number of benzene rings is 2. The summed E-state index contributed by atoms with van der Waals surface area (Å²) in [6.45, 7) is 5.24. The van der Waals surface area contributed by atoms with Crippen molar-refractivity contribution < 1.29 is 19.7 Å². The molecule has 2 rings (SSSR count). The van der Waals surface area contributed by atoms with Gasteiger partial charge in [0.1, 0.15) is 5.60 Å². The van der Waals surface area contributed by atoms with Crippen LogP contribution in [-0.4, -0.2) is 28.4 Å². The summed E-state index contributed by atoms with van der Waals surface area (Å²) in [7, 11) is 0. The van der Waals surface area contributed by atoms with Gasteiger partial charge in [-0.3, -0.25) is 0 Å². The lowest BCUT2D eigenvalue weighted by Crippen LogP contribution is -2.29. The largest absolute Gasteiger partial charge is 0.479 e. The van der Waals surface area contributed by atoms with Crippen molar-refractivity contribution in [1.82, 2.24) is 0 Å². The molecule has 0 spiro atoms. The highest BCUT2D eigenvalue weighted by molar-refractivity contribution is 6.42. The molecule has 6 heteroatoms. The minimum atomic E-state index is -1.30. The van der Waals surface area contributed by atoms with Crippen LogP contribution in [0.4, 0.5) is 0 Å². The van der Waals surface area contributed by atoms with Gasteiger partial charge in [0.2, 0.25) is 0 Å². The van der Waals surface area contributed by atoms with Gasteiger partial charge in [0, 0.05) is 6.42 Å². The van der Waals surface area contributed by atoms with Crippen LogP contribution in [0.25, 0.3) is 0 Å². The maximum absolute atomic E-state index is 11.4. The molecule has 2 atom stereocenters. The first-order valence-corrected chi connectivity index (χ1v) is 9.02. The van der Waals surface area contributed by atoms with Gasteiger partial charge in [0.15, 0.2) is 6.10 Å². The van der Waals surface area contributed by atoms with Gasteiger partial charge >= 0.3 is 5.97 Å². The molecule has 0 amide bonds. The van der Waals surface area contributed by atoms with Crippen molar-refractivity contribution in [1.29, 1.82) is 0 Å². The van der Waals surface area contributed by atoms with Crippen LogP contribution in [-0.2, 0) is 21.6 Å². The second kappa shape index (κ2) is 8.40. The maximum atomic E-state index is 11.4. The third-order valence-corrected chi connectivity index (χ3v) is 4.84. The maximum Gasteiger partial charge on any atom is 0.333 e. The fourth-order valence-electron chi connectivity index (χ4n) is 2.70. The zero-order chi connectivity index (χ0) is 19.5. The fourth-order valence-corrected chi connectivity index (χ4v) is 3.00. The van der Waals surface area contributed by atoms with Gasteiger partial charge in [-0.1, -0.05) is 53.5 Å². The Hall–Kier alpha value is -1.59. The summed E-state index contributed by atoms with van der Waals surface area (Å²) in [6, 6.07) is 12.1. The molecule has 0 aromatic heterocycles. The number of hydrogen-bond acceptors (Lipinski definition) is 3. The smallest absolute Gasteiger partial charge is 0.333 e. The van der Waals surface area contributed by atoms with E-state index in [-0.39, 0.29) is 12.5 Å². The van der Waals surface area contributed by atoms with Crippen LogP contribution in [0.1, 0.15) is 37.5 Å². The van der Waals surface area contributed by atoms with Crippen LogP contribution in [0.2, 0.25) is 10.0 Å². The van der Waals surface area contributed by atoms with E-state index in [0.29, 0.717) is 21.2 Å². The number of carbonyl (C=O) groups is 1. The predicted molar refractivity (Wildman–Crippen MR) is 103 cm³/mol. The van der Waals surface area contributed by atoms with Crippen LogP contribution in [0, 0.1) is 0 Å². The van der Waals surface area contributed by atoms with Crippen LogP contribution < -0.4 is 0 Å². The summed E-state index contributed by atoms with van der Waals surface area (Å²) in [6.07, 6.45) is -0.933. The molecule has 2 aromatic carbocycles. The van der Waals surface area contributed by atoms with Crippen LogP contribution in [0.3, 0.4) is 0 Å². The normalized spacial score (nSPS) is 14.9. The Bertz CT molecular complexity index is 787. The van der Waals surface area contributed by atoms with E-state index in [2.05, 4.69) is 0 Å². The molecule has 0 aliphatic carbocycles. The van der Waals surface area contributed by atoms with Crippen molar-refractivity contribution in [2.24, 2.45) is 0 Å². The molecule has 2 aromatic rings. The molecule has 0 saturated carbocycles. The summed E-state index contributed by atoms with van der Waals surface area (Å²) >= 11 is 12.0. The quantitative estimate of drug-likeness (QED) is 0.713. The zero-order valence-electron chi connectivity index (χ0n) is 14.9.